The quantitative estimate of drug-likeness (QED) is 0.680. The van der Waals surface area contributed by atoms with Crippen molar-refractivity contribution in [3.05, 3.63) is 53.1 Å². The van der Waals surface area contributed by atoms with Crippen molar-refractivity contribution in [3.8, 4) is 11.5 Å². The largest absolute Gasteiger partial charge is 0.493 e. The number of halogens is 1. The van der Waals surface area contributed by atoms with Crippen LogP contribution in [0, 0.1) is 0 Å². The molecular weight excluding hydrogens is 416 g/mol. The molecule has 2 aromatic rings. The fourth-order valence-electron chi connectivity index (χ4n) is 2.94. The van der Waals surface area contributed by atoms with Gasteiger partial charge in [-0.2, -0.15) is 0 Å². The number of nitrogens with zero attached hydrogens (tertiary/aromatic N) is 1. The van der Waals surface area contributed by atoms with Crippen LogP contribution in [0.5, 0.6) is 11.5 Å². The van der Waals surface area contributed by atoms with Crippen LogP contribution in [0.1, 0.15) is 25.5 Å². The fourth-order valence-corrected chi connectivity index (χ4v) is 4.24. The Bertz CT molecular complexity index is 963. The molecule has 0 fully saturated rings. The molecular formula is C20H25ClN2O5S. The first kappa shape index (κ1) is 22.8. The summed E-state index contributed by atoms with van der Waals surface area (Å²) >= 11 is 5.89. The van der Waals surface area contributed by atoms with E-state index in [2.05, 4.69) is 5.32 Å². The lowest BCUT2D eigenvalue weighted by Gasteiger charge is -2.29. The maximum absolute atomic E-state index is 12.8. The Morgan fingerprint density at radius 2 is 1.62 bits per heavy atom. The predicted molar refractivity (Wildman–Crippen MR) is 114 cm³/mol. The lowest BCUT2D eigenvalue weighted by atomic mass is 10.1. The molecule has 0 spiro atoms. The molecule has 0 saturated carbocycles. The summed E-state index contributed by atoms with van der Waals surface area (Å²) in [6.07, 6.45) is 1.06. The van der Waals surface area contributed by atoms with E-state index in [1.54, 1.807) is 50.4 Å². The molecule has 0 aromatic heterocycles. The summed E-state index contributed by atoms with van der Waals surface area (Å²) in [5.74, 6) is 0.680. The molecule has 1 amide bonds. The second kappa shape index (κ2) is 9.37. The smallest absolute Gasteiger partial charge is 0.244 e. The topological polar surface area (TPSA) is 84.9 Å². The van der Waals surface area contributed by atoms with Crippen LogP contribution in [-0.2, 0) is 14.8 Å². The molecule has 2 rings (SSSR count). The van der Waals surface area contributed by atoms with E-state index in [1.807, 2.05) is 6.07 Å². The first-order chi connectivity index (χ1) is 13.6. The zero-order valence-corrected chi connectivity index (χ0v) is 18.5. The first-order valence-electron chi connectivity index (χ1n) is 8.85. The number of rotatable bonds is 8. The van der Waals surface area contributed by atoms with Gasteiger partial charge in [0.05, 0.1) is 32.2 Å². The maximum Gasteiger partial charge on any atom is 0.244 e. The SMILES string of the molecule is COc1ccc([C@H](C)NC(=O)[C@H](C)N(c2ccc(Cl)cc2)S(C)(=O)=O)cc1OC. The van der Waals surface area contributed by atoms with E-state index in [1.165, 1.54) is 14.0 Å². The van der Waals surface area contributed by atoms with Gasteiger partial charge in [0, 0.05) is 5.02 Å². The van der Waals surface area contributed by atoms with E-state index in [4.69, 9.17) is 21.1 Å². The van der Waals surface area contributed by atoms with Crippen molar-refractivity contribution in [1.29, 1.82) is 0 Å². The third-order valence-electron chi connectivity index (χ3n) is 4.44. The summed E-state index contributed by atoms with van der Waals surface area (Å²) < 4.78 is 36.3. The van der Waals surface area contributed by atoms with E-state index in [0.717, 1.165) is 16.1 Å². The van der Waals surface area contributed by atoms with E-state index in [9.17, 15) is 13.2 Å². The summed E-state index contributed by atoms with van der Waals surface area (Å²) in [7, 11) is -0.629. The van der Waals surface area contributed by atoms with Gasteiger partial charge in [-0.1, -0.05) is 17.7 Å². The third-order valence-corrected chi connectivity index (χ3v) is 5.93. The molecule has 2 aromatic carbocycles. The van der Waals surface area contributed by atoms with Gasteiger partial charge in [-0.05, 0) is 55.8 Å². The van der Waals surface area contributed by atoms with Gasteiger partial charge in [-0.15, -0.1) is 0 Å². The average Bonchev–Trinajstić information content (AvgIpc) is 2.67. The summed E-state index contributed by atoms with van der Waals surface area (Å²) in [5, 5.41) is 3.32. The number of ether oxygens (including phenoxy) is 2. The monoisotopic (exact) mass is 440 g/mol. The molecule has 1 N–H and O–H groups in total. The Hall–Kier alpha value is -2.45. The van der Waals surface area contributed by atoms with Crippen LogP contribution < -0.4 is 19.1 Å². The highest BCUT2D eigenvalue weighted by Gasteiger charge is 2.30. The highest BCUT2D eigenvalue weighted by Crippen LogP contribution is 2.30. The van der Waals surface area contributed by atoms with Gasteiger partial charge in [0.1, 0.15) is 6.04 Å². The molecule has 9 heteroatoms. The number of hydrogen-bond acceptors (Lipinski definition) is 5. The van der Waals surface area contributed by atoms with E-state index in [-0.39, 0.29) is 6.04 Å². The predicted octanol–water partition coefficient (Wildman–Crippen LogP) is 3.39. The first-order valence-corrected chi connectivity index (χ1v) is 11.1. The number of methoxy groups -OCH3 is 2. The molecule has 0 radical (unpaired) electrons. The molecule has 158 valence electrons. The summed E-state index contributed by atoms with van der Waals surface area (Å²) in [6.45, 7) is 3.34. The minimum Gasteiger partial charge on any atom is -0.493 e. The number of hydrogen-bond donors (Lipinski definition) is 1. The lowest BCUT2D eigenvalue weighted by Crippen LogP contribution is -2.48. The number of anilines is 1. The van der Waals surface area contributed by atoms with Crippen molar-refractivity contribution >= 4 is 33.2 Å². The minimum absolute atomic E-state index is 0.360. The molecule has 0 aliphatic carbocycles. The van der Waals surface area contributed by atoms with Gasteiger partial charge < -0.3 is 14.8 Å². The van der Waals surface area contributed by atoms with Crippen LogP contribution in [-0.4, -0.2) is 40.8 Å². The molecule has 0 aliphatic rings. The summed E-state index contributed by atoms with van der Waals surface area (Å²) in [5.41, 5.74) is 1.15. The van der Waals surface area contributed by atoms with Crippen LogP contribution >= 0.6 is 11.6 Å². The van der Waals surface area contributed by atoms with Crippen molar-refractivity contribution in [2.24, 2.45) is 0 Å². The summed E-state index contributed by atoms with van der Waals surface area (Å²) in [6, 6.07) is 10.3. The maximum atomic E-state index is 12.8. The Balaban J connectivity index is 2.24. The molecule has 0 unspecified atom stereocenters. The number of amides is 1. The van der Waals surface area contributed by atoms with Gasteiger partial charge in [0.15, 0.2) is 11.5 Å². The average molecular weight is 441 g/mol. The second-order valence-electron chi connectivity index (χ2n) is 6.56. The molecule has 0 aliphatic heterocycles. The highest BCUT2D eigenvalue weighted by atomic mass is 35.5. The van der Waals surface area contributed by atoms with Crippen LogP contribution in [0.4, 0.5) is 5.69 Å². The Kier molecular flexibility index (Phi) is 7.37. The Labute approximate surface area is 176 Å². The van der Waals surface area contributed by atoms with Gasteiger partial charge in [0.2, 0.25) is 15.9 Å². The van der Waals surface area contributed by atoms with Crippen molar-refractivity contribution in [3.63, 3.8) is 0 Å². The van der Waals surface area contributed by atoms with Gasteiger partial charge in [0.25, 0.3) is 0 Å². The molecule has 29 heavy (non-hydrogen) atoms. The molecule has 2 atom stereocenters. The number of benzene rings is 2. The van der Waals surface area contributed by atoms with Crippen molar-refractivity contribution in [2.75, 3.05) is 24.8 Å². The number of carbonyl (C=O) groups excluding carboxylic acids is 1. The van der Waals surface area contributed by atoms with Gasteiger partial charge in [-0.25, -0.2) is 8.42 Å². The standard InChI is InChI=1S/C20H25ClN2O5S/c1-13(15-6-11-18(27-3)19(12-15)28-4)22-20(24)14(2)23(29(5,25)26)17-9-7-16(21)8-10-17/h6-14H,1-5H3,(H,22,24)/t13-,14-/m0/s1. The zero-order valence-electron chi connectivity index (χ0n) is 17.0. The molecule has 0 bridgehead atoms. The van der Waals surface area contributed by atoms with E-state index in [0.29, 0.717) is 22.2 Å². The highest BCUT2D eigenvalue weighted by molar-refractivity contribution is 7.92. The molecule has 0 saturated heterocycles. The fraction of sp³-hybridized carbons (Fsp3) is 0.350. The third kappa shape index (κ3) is 5.55. The number of nitrogens with one attached hydrogen (secondary N) is 1. The normalized spacial score (nSPS) is 13.3. The molecule has 7 nitrogen and oxygen atoms in total. The van der Waals surface area contributed by atoms with Crippen LogP contribution in [0.25, 0.3) is 0 Å². The van der Waals surface area contributed by atoms with E-state index < -0.39 is 22.0 Å². The number of carbonyl (C=O) groups is 1. The van der Waals surface area contributed by atoms with E-state index >= 15 is 0 Å². The van der Waals surface area contributed by atoms with Crippen molar-refractivity contribution in [1.82, 2.24) is 5.32 Å². The van der Waals surface area contributed by atoms with Gasteiger partial charge in [-0.3, -0.25) is 9.10 Å². The minimum atomic E-state index is -3.70. The van der Waals surface area contributed by atoms with Gasteiger partial charge >= 0.3 is 0 Å². The van der Waals surface area contributed by atoms with Crippen molar-refractivity contribution in [2.45, 2.75) is 25.9 Å². The second-order valence-corrected chi connectivity index (χ2v) is 8.85. The van der Waals surface area contributed by atoms with Crippen LogP contribution in [0.3, 0.4) is 0 Å². The zero-order chi connectivity index (χ0) is 21.8. The van der Waals surface area contributed by atoms with Crippen LogP contribution in [0.15, 0.2) is 42.5 Å². The van der Waals surface area contributed by atoms with Crippen molar-refractivity contribution < 1.29 is 22.7 Å². The number of sulfonamides is 1. The Morgan fingerprint density at radius 1 is 1.03 bits per heavy atom. The molecule has 0 heterocycles. The lowest BCUT2D eigenvalue weighted by molar-refractivity contribution is -0.122. The summed E-state index contributed by atoms with van der Waals surface area (Å²) in [4.78, 5) is 12.8. The Morgan fingerprint density at radius 3 is 2.14 bits per heavy atom. The van der Waals surface area contributed by atoms with Crippen LogP contribution in [0.2, 0.25) is 5.02 Å².